The highest BCUT2D eigenvalue weighted by atomic mass is 35.5. The number of aromatic amines is 1. The molecule has 3 heterocycles. The van der Waals surface area contributed by atoms with Crippen LogP contribution in [-0.4, -0.2) is 53.0 Å². The van der Waals surface area contributed by atoms with Gasteiger partial charge in [0.15, 0.2) is 0 Å². The Balaban J connectivity index is 0.00000180. The molecule has 2 fully saturated rings. The zero-order valence-corrected chi connectivity index (χ0v) is 22.5. The highest BCUT2D eigenvalue weighted by molar-refractivity contribution is 5.85. The van der Waals surface area contributed by atoms with Crippen LogP contribution < -0.4 is 10.6 Å². The van der Waals surface area contributed by atoms with Gasteiger partial charge in [-0.2, -0.15) is 0 Å². The van der Waals surface area contributed by atoms with Gasteiger partial charge in [-0.15, -0.1) is 24.8 Å². The van der Waals surface area contributed by atoms with Crippen molar-refractivity contribution in [1.82, 2.24) is 25.5 Å². The zero-order chi connectivity index (χ0) is 23.2. The topological polar surface area (TPSA) is 73.1 Å². The van der Waals surface area contributed by atoms with Crippen molar-refractivity contribution in [2.45, 2.75) is 51.1 Å². The molecule has 3 atom stereocenters. The van der Waals surface area contributed by atoms with E-state index in [1.807, 2.05) is 24.3 Å². The number of likely N-dealkylation sites (tertiary alicyclic amines) is 1. The van der Waals surface area contributed by atoms with Crippen molar-refractivity contribution < 1.29 is 4.79 Å². The van der Waals surface area contributed by atoms with E-state index >= 15 is 0 Å². The van der Waals surface area contributed by atoms with Crippen molar-refractivity contribution in [3.63, 3.8) is 0 Å². The lowest BCUT2D eigenvalue weighted by molar-refractivity contribution is -0.121. The average molecular weight is 533 g/mol. The molecule has 2 aromatic carbocycles. The fourth-order valence-corrected chi connectivity index (χ4v) is 5.76. The summed E-state index contributed by atoms with van der Waals surface area (Å²) in [5.74, 6) is 2.62. The number of nitrogens with zero attached hydrogens (tertiary/aromatic N) is 2. The number of benzene rings is 2. The smallest absolute Gasteiger partial charge is 0.219 e. The van der Waals surface area contributed by atoms with Crippen molar-refractivity contribution in [1.29, 1.82) is 0 Å². The highest BCUT2D eigenvalue weighted by Gasteiger charge is 2.36. The van der Waals surface area contributed by atoms with Gasteiger partial charge in [-0.25, -0.2) is 4.98 Å². The van der Waals surface area contributed by atoms with E-state index in [0.29, 0.717) is 24.9 Å². The van der Waals surface area contributed by atoms with Gasteiger partial charge in [0.05, 0.1) is 11.0 Å². The Morgan fingerprint density at radius 2 is 1.83 bits per heavy atom. The molecule has 6 nitrogen and oxygen atoms in total. The number of amides is 1. The zero-order valence-electron chi connectivity index (χ0n) is 20.8. The Morgan fingerprint density at radius 1 is 1.03 bits per heavy atom. The molecule has 1 amide bonds. The molecule has 2 aliphatic heterocycles. The summed E-state index contributed by atoms with van der Waals surface area (Å²) in [5.41, 5.74) is 3.49. The molecule has 0 aliphatic carbocycles. The minimum atomic E-state index is 0. The predicted octanol–water partition coefficient (Wildman–Crippen LogP) is 4.74. The second-order valence-corrected chi connectivity index (χ2v) is 10.1. The third kappa shape index (κ3) is 7.69. The number of H-pyrrole nitrogens is 1. The number of fused-ring (bicyclic) bond motifs is 3. The van der Waals surface area contributed by atoms with Gasteiger partial charge >= 0.3 is 0 Å². The molecule has 0 spiro atoms. The van der Waals surface area contributed by atoms with E-state index in [0.717, 1.165) is 68.1 Å². The average Bonchev–Trinajstić information content (AvgIpc) is 3.27. The molecular formula is C28H39Cl2N5O. The fraction of sp³-hybridized carbons (Fsp3) is 0.500. The van der Waals surface area contributed by atoms with Crippen LogP contribution in [0.1, 0.15) is 43.5 Å². The van der Waals surface area contributed by atoms with Gasteiger partial charge in [0.25, 0.3) is 0 Å². The first-order chi connectivity index (χ1) is 16.7. The lowest BCUT2D eigenvalue weighted by Gasteiger charge is -2.46. The lowest BCUT2D eigenvalue weighted by Crippen LogP contribution is -2.55. The van der Waals surface area contributed by atoms with Crippen LogP contribution in [0.3, 0.4) is 0 Å². The third-order valence-electron chi connectivity index (χ3n) is 7.40. The van der Waals surface area contributed by atoms with E-state index in [9.17, 15) is 4.79 Å². The number of aryl methyl sites for hydroxylation is 1. The van der Waals surface area contributed by atoms with Crippen molar-refractivity contribution in [2.75, 3.05) is 26.2 Å². The van der Waals surface area contributed by atoms with Crippen LogP contribution in [0.5, 0.6) is 0 Å². The second-order valence-electron chi connectivity index (χ2n) is 10.1. The Kier molecular flexibility index (Phi) is 11.1. The summed E-state index contributed by atoms with van der Waals surface area (Å²) in [7, 11) is 0. The number of hydrogen-bond donors (Lipinski definition) is 3. The molecule has 196 valence electrons. The van der Waals surface area contributed by atoms with Crippen LogP contribution >= 0.6 is 24.8 Å². The standard InChI is InChI=1S/C28H37N5O.2ClH/c34-28(29-15-7-13-27-31-25-10-4-5-11-26(25)32-27)14-6-12-24-23-16-22(17-30-24)19-33(20-23)18-21-8-2-1-3-9-21;;/h1-5,8-11,22-24,30H,6-7,12-20H2,(H,29,34)(H,31,32);2*1H/t22-,23+,24+;;/m0../s1. The van der Waals surface area contributed by atoms with E-state index in [4.69, 9.17) is 0 Å². The number of rotatable bonds is 10. The van der Waals surface area contributed by atoms with E-state index in [1.54, 1.807) is 0 Å². The molecule has 0 unspecified atom stereocenters. The number of carbonyl (C=O) groups excluding carboxylic acids is 1. The van der Waals surface area contributed by atoms with E-state index in [2.05, 4.69) is 55.8 Å². The van der Waals surface area contributed by atoms with Gasteiger partial charge in [-0.3, -0.25) is 9.69 Å². The summed E-state index contributed by atoms with van der Waals surface area (Å²) in [6.45, 7) is 5.23. The number of piperidine rings is 2. The molecular weight excluding hydrogens is 493 g/mol. The molecule has 2 aliphatic rings. The molecule has 36 heavy (non-hydrogen) atoms. The minimum absolute atomic E-state index is 0. The first-order valence-electron chi connectivity index (χ1n) is 12.9. The number of aromatic nitrogens is 2. The summed E-state index contributed by atoms with van der Waals surface area (Å²) in [4.78, 5) is 22.9. The number of para-hydroxylation sites is 2. The number of halogens is 2. The van der Waals surface area contributed by atoms with Crippen LogP contribution in [0.4, 0.5) is 0 Å². The van der Waals surface area contributed by atoms with Crippen molar-refractivity contribution >= 4 is 41.8 Å². The maximum atomic E-state index is 12.3. The van der Waals surface area contributed by atoms with Gasteiger partial charge in [-0.1, -0.05) is 42.5 Å². The van der Waals surface area contributed by atoms with Crippen LogP contribution in [0.25, 0.3) is 11.0 Å². The molecule has 5 rings (SSSR count). The Bertz CT molecular complexity index is 1040. The molecule has 2 saturated heterocycles. The van der Waals surface area contributed by atoms with Gasteiger partial charge in [0, 0.05) is 45.1 Å². The number of imidazole rings is 1. The highest BCUT2D eigenvalue weighted by Crippen LogP contribution is 2.31. The second kappa shape index (κ2) is 14.0. The van der Waals surface area contributed by atoms with Crippen LogP contribution in [-0.2, 0) is 17.8 Å². The maximum absolute atomic E-state index is 12.3. The van der Waals surface area contributed by atoms with E-state index in [-0.39, 0.29) is 30.7 Å². The Hall–Kier alpha value is -2.12. The molecule has 0 saturated carbocycles. The summed E-state index contributed by atoms with van der Waals surface area (Å²) in [5, 5.41) is 6.88. The molecule has 1 aromatic heterocycles. The van der Waals surface area contributed by atoms with Gasteiger partial charge in [0.2, 0.25) is 5.91 Å². The maximum Gasteiger partial charge on any atom is 0.219 e. The molecule has 3 aromatic rings. The number of carbonyl (C=O) groups is 1. The third-order valence-corrected chi connectivity index (χ3v) is 7.40. The molecule has 8 heteroatoms. The molecule has 0 radical (unpaired) electrons. The molecule has 3 N–H and O–H groups in total. The summed E-state index contributed by atoms with van der Waals surface area (Å²) in [6, 6.07) is 19.4. The normalized spacial score (nSPS) is 21.4. The van der Waals surface area contributed by atoms with Crippen molar-refractivity contribution in [3.8, 4) is 0 Å². The predicted molar refractivity (Wildman–Crippen MR) is 151 cm³/mol. The summed E-state index contributed by atoms with van der Waals surface area (Å²) >= 11 is 0. The SMILES string of the molecule is Cl.Cl.O=C(CCC[C@H]1NC[C@@H]2C[C@@H]1CN(Cc1ccccc1)C2)NCCCc1nc2ccccc2[nH]1. The Labute approximate surface area is 226 Å². The summed E-state index contributed by atoms with van der Waals surface area (Å²) < 4.78 is 0. The van der Waals surface area contributed by atoms with E-state index in [1.165, 1.54) is 18.5 Å². The van der Waals surface area contributed by atoms with Gasteiger partial charge in [0.1, 0.15) is 5.82 Å². The fourth-order valence-electron chi connectivity index (χ4n) is 5.76. The number of hydrogen-bond acceptors (Lipinski definition) is 4. The van der Waals surface area contributed by atoms with Crippen molar-refractivity contribution in [2.24, 2.45) is 11.8 Å². The van der Waals surface area contributed by atoms with Crippen LogP contribution in [0.15, 0.2) is 54.6 Å². The first kappa shape index (κ1) is 28.5. The van der Waals surface area contributed by atoms with Gasteiger partial charge in [-0.05, 0) is 61.8 Å². The minimum Gasteiger partial charge on any atom is -0.356 e. The Morgan fingerprint density at radius 3 is 2.67 bits per heavy atom. The molecule has 2 bridgehead atoms. The van der Waals surface area contributed by atoms with Crippen LogP contribution in [0, 0.1) is 11.8 Å². The largest absolute Gasteiger partial charge is 0.356 e. The monoisotopic (exact) mass is 531 g/mol. The number of nitrogens with one attached hydrogen (secondary N) is 3. The van der Waals surface area contributed by atoms with Crippen molar-refractivity contribution in [3.05, 3.63) is 66.0 Å². The quantitative estimate of drug-likeness (QED) is 0.330. The summed E-state index contributed by atoms with van der Waals surface area (Å²) in [6.07, 6.45) is 5.74. The first-order valence-corrected chi connectivity index (χ1v) is 12.9. The lowest BCUT2D eigenvalue weighted by atomic mass is 9.79. The van der Waals surface area contributed by atoms with Gasteiger partial charge < -0.3 is 15.6 Å². The van der Waals surface area contributed by atoms with Crippen LogP contribution in [0.2, 0.25) is 0 Å². The van der Waals surface area contributed by atoms with E-state index < -0.39 is 0 Å².